The Hall–Kier alpha value is -3.73. The second-order valence-electron chi connectivity index (χ2n) is 14.6. The van der Waals surface area contributed by atoms with Gasteiger partial charge in [0.25, 0.3) is 0 Å². The normalized spacial score (nSPS) is 12.1. The molecule has 0 aliphatic rings. The average Bonchev–Trinajstić information content (AvgIpc) is 3.51. The fraction of sp³-hybridized carbons (Fsp3) is 0.244. The molecular weight excluding hydrogens is 821 g/mol. The smallest absolute Gasteiger partial charge is 0.0799 e. The van der Waals surface area contributed by atoms with Crippen molar-refractivity contribution >= 4 is 44.8 Å². The largest absolute Gasteiger partial charge is 0.305 e. The first-order valence-electron chi connectivity index (χ1n) is 17.4. The molecule has 0 bridgehead atoms. The maximum absolute atomic E-state index is 4.75. The summed E-state index contributed by atoms with van der Waals surface area (Å²) in [5, 5.41) is 4.08. The molecule has 1 unspecified atom stereocenters. The van der Waals surface area contributed by atoms with Crippen LogP contribution in [0.5, 0.6) is 0 Å². The van der Waals surface area contributed by atoms with Crippen LogP contribution < -0.4 is 5.19 Å². The monoisotopic (exact) mass is 867 g/mol. The number of hydrogen-bond acceptors (Lipinski definition) is 3. The Morgan fingerprint density at radius 2 is 1.46 bits per heavy atom. The number of thiophene rings is 1. The Kier molecular flexibility index (Phi) is 12.1. The summed E-state index contributed by atoms with van der Waals surface area (Å²) in [6, 6.07) is 43.0. The second kappa shape index (κ2) is 16.1. The number of nitrogens with zero attached hydrogens (tertiary/aromatic N) is 2. The summed E-state index contributed by atoms with van der Waals surface area (Å²) in [6.07, 6.45) is 4.04. The van der Waals surface area contributed by atoms with Gasteiger partial charge in [-0.3, -0.25) is 0 Å². The predicted molar refractivity (Wildman–Crippen MR) is 216 cm³/mol. The van der Waals surface area contributed by atoms with Gasteiger partial charge < -0.3 is 9.97 Å². The van der Waals surface area contributed by atoms with Crippen LogP contribution in [0.15, 0.2) is 116 Å². The van der Waals surface area contributed by atoms with Crippen LogP contribution >= 0.6 is 11.3 Å². The minimum Gasteiger partial charge on any atom is -0.305 e. The van der Waals surface area contributed by atoms with E-state index in [0.29, 0.717) is 17.8 Å². The van der Waals surface area contributed by atoms with Gasteiger partial charge >= 0.3 is 0 Å². The van der Waals surface area contributed by atoms with Gasteiger partial charge in [0, 0.05) is 37.2 Å². The maximum atomic E-state index is 4.75. The Labute approximate surface area is 317 Å². The Morgan fingerprint density at radius 3 is 2.14 bits per heavy atom. The van der Waals surface area contributed by atoms with E-state index in [0.717, 1.165) is 22.5 Å². The van der Waals surface area contributed by atoms with Crippen molar-refractivity contribution in [3.63, 3.8) is 0 Å². The summed E-state index contributed by atoms with van der Waals surface area (Å²) in [5.41, 5.74) is 9.46. The zero-order chi connectivity index (χ0) is 34.7. The van der Waals surface area contributed by atoms with Crippen LogP contribution in [-0.2, 0) is 20.1 Å². The third-order valence-corrected chi connectivity index (χ3v) is 12.7. The van der Waals surface area contributed by atoms with Crippen molar-refractivity contribution in [2.45, 2.75) is 66.1 Å². The number of fused-ring (bicyclic) bond motifs is 3. The third-order valence-electron chi connectivity index (χ3n) is 9.45. The third kappa shape index (κ3) is 8.08. The number of rotatable bonds is 7. The first-order chi connectivity index (χ1) is 23.5. The van der Waals surface area contributed by atoms with Gasteiger partial charge in [-0.05, 0) is 56.5 Å². The summed E-state index contributed by atoms with van der Waals surface area (Å²) in [6.45, 7) is 18.5. The van der Waals surface area contributed by atoms with E-state index >= 15 is 0 Å². The maximum Gasteiger partial charge on any atom is 0.0799 e. The summed E-state index contributed by atoms with van der Waals surface area (Å²) >= 11 is 1.84. The molecule has 0 aliphatic carbocycles. The SMILES string of the molecule is CC(C)C(C)c1ccnc(-c2[c-]cc(-c3ccccc3)c3c2sc2ccccc23)c1.CC(C)c1cc(-c2[c-]cccc2)ncc1[Si](C)(C)C.[Ir]. The molecule has 1 atom stereocenters. The van der Waals surface area contributed by atoms with Gasteiger partial charge in [-0.15, -0.1) is 53.6 Å². The molecule has 0 saturated heterocycles. The van der Waals surface area contributed by atoms with Crippen LogP contribution in [0.2, 0.25) is 19.6 Å². The summed E-state index contributed by atoms with van der Waals surface area (Å²) in [4.78, 5) is 9.41. The average molecular weight is 867 g/mol. The molecule has 2 nitrogen and oxygen atoms in total. The van der Waals surface area contributed by atoms with E-state index in [1.165, 1.54) is 47.6 Å². The summed E-state index contributed by atoms with van der Waals surface area (Å²) in [7, 11) is -1.34. The Morgan fingerprint density at radius 1 is 0.740 bits per heavy atom. The van der Waals surface area contributed by atoms with E-state index in [1.54, 1.807) is 0 Å². The van der Waals surface area contributed by atoms with Crippen molar-refractivity contribution in [1.29, 1.82) is 0 Å². The molecule has 0 fully saturated rings. The molecule has 0 amide bonds. The molecule has 4 aromatic carbocycles. The quantitative estimate of drug-likeness (QED) is 0.118. The molecule has 7 aromatic rings. The molecule has 5 heteroatoms. The van der Waals surface area contributed by atoms with E-state index in [9.17, 15) is 0 Å². The minimum atomic E-state index is -1.34. The molecule has 257 valence electrons. The Bertz CT molecular complexity index is 2180. The van der Waals surface area contributed by atoms with Crippen LogP contribution in [0.1, 0.15) is 57.6 Å². The first kappa shape index (κ1) is 37.5. The van der Waals surface area contributed by atoms with Crippen molar-refractivity contribution < 1.29 is 20.1 Å². The van der Waals surface area contributed by atoms with Crippen molar-refractivity contribution in [3.05, 3.63) is 139 Å². The van der Waals surface area contributed by atoms with E-state index in [2.05, 4.69) is 163 Å². The van der Waals surface area contributed by atoms with Gasteiger partial charge in [-0.2, -0.15) is 11.3 Å². The van der Waals surface area contributed by atoms with Crippen molar-refractivity contribution in [2.24, 2.45) is 5.92 Å². The van der Waals surface area contributed by atoms with Crippen LogP contribution in [0, 0.1) is 18.1 Å². The molecule has 7 rings (SSSR count). The molecule has 0 aliphatic heterocycles. The van der Waals surface area contributed by atoms with E-state index in [-0.39, 0.29) is 20.1 Å². The summed E-state index contributed by atoms with van der Waals surface area (Å²) in [5.74, 6) is 1.62. The van der Waals surface area contributed by atoms with Crippen LogP contribution in [-0.4, -0.2) is 18.0 Å². The molecule has 3 heterocycles. The number of benzene rings is 4. The number of hydrogen-bond donors (Lipinski definition) is 0. The van der Waals surface area contributed by atoms with Crippen LogP contribution in [0.25, 0.3) is 53.8 Å². The summed E-state index contributed by atoms with van der Waals surface area (Å²) < 4.78 is 2.57. The second-order valence-corrected chi connectivity index (χ2v) is 20.7. The molecule has 1 radical (unpaired) electrons. The molecule has 0 N–H and O–H groups in total. The van der Waals surface area contributed by atoms with Gasteiger partial charge in [-0.25, -0.2) is 0 Å². The van der Waals surface area contributed by atoms with Crippen LogP contribution in [0.4, 0.5) is 0 Å². The van der Waals surface area contributed by atoms with Gasteiger partial charge in [0.1, 0.15) is 0 Å². The zero-order valence-electron chi connectivity index (χ0n) is 30.3. The van der Waals surface area contributed by atoms with Gasteiger partial charge in [0.15, 0.2) is 0 Å². The van der Waals surface area contributed by atoms with Gasteiger partial charge in [0.2, 0.25) is 0 Å². The van der Waals surface area contributed by atoms with E-state index in [1.807, 2.05) is 35.7 Å². The first-order valence-corrected chi connectivity index (χ1v) is 21.7. The fourth-order valence-corrected chi connectivity index (χ4v) is 9.25. The van der Waals surface area contributed by atoms with Gasteiger partial charge in [-0.1, -0.05) is 143 Å². The Balaban J connectivity index is 0.000000211. The topological polar surface area (TPSA) is 25.8 Å². The van der Waals surface area contributed by atoms with Crippen molar-refractivity contribution in [3.8, 4) is 33.6 Å². The predicted octanol–water partition coefficient (Wildman–Crippen LogP) is 12.6. The van der Waals surface area contributed by atoms with Crippen LogP contribution in [0.3, 0.4) is 0 Å². The standard InChI is InChI=1S/C28H24NS.C17H22NSi.Ir/c1-18(2)19(3)21-15-16-29-25(17-21)23-14-13-22(20-9-5-4-6-10-20)27-24-11-7-8-12-26(24)30-28(23)27;1-13(2)15-11-16(14-9-7-6-8-10-14)18-12-17(15)19(3,4)5;/h4-13,15-19H,1-3H3;6-9,11-13H,1-5H3;/q2*-1;. The molecular formula is C45H46IrN2SSi-2. The van der Waals surface area contributed by atoms with Crippen molar-refractivity contribution in [2.75, 3.05) is 0 Å². The minimum absolute atomic E-state index is 0. The van der Waals surface area contributed by atoms with Gasteiger partial charge in [0.05, 0.1) is 8.07 Å². The molecule has 3 aromatic heterocycles. The number of aromatic nitrogens is 2. The van der Waals surface area contributed by atoms with Crippen molar-refractivity contribution in [1.82, 2.24) is 9.97 Å². The fourth-order valence-electron chi connectivity index (χ4n) is 6.33. The molecule has 0 spiro atoms. The van der Waals surface area contributed by atoms with E-state index in [4.69, 9.17) is 4.98 Å². The molecule has 50 heavy (non-hydrogen) atoms. The molecule has 0 saturated carbocycles. The zero-order valence-corrected chi connectivity index (χ0v) is 34.5. The number of pyridine rings is 2. The van der Waals surface area contributed by atoms with E-state index < -0.39 is 8.07 Å².